The van der Waals surface area contributed by atoms with Crippen molar-refractivity contribution in [3.8, 4) is 0 Å². The number of aldehydes is 1. The minimum Gasteiger partial charge on any atom is -0.299 e. The zero-order valence-corrected chi connectivity index (χ0v) is 4.53. The van der Waals surface area contributed by atoms with Crippen LogP contribution in [0.25, 0.3) is 0 Å². The molecule has 0 aliphatic carbocycles. The van der Waals surface area contributed by atoms with Crippen LogP contribution in [0.5, 0.6) is 0 Å². The van der Waals surface area contributed by atoms with Crippen LogP contribution in [-0.2, 0) is 14.4 Å². The van der Waals surface area contributed by atoms with Gasteiger partial charge >= 0.3 is 0 Å². The van der Waals surface area contributed by atoms with Crippen molar-refractivity contribution in [2.75, 3.05) is 0 Å². The third-order valence-corrected chi connectivity index (χ3v) is 0.527. The highest BCUT2D eigenvalue weighted by molar-refractivity contribution is 5.96. The van der Waals surface area contributed by atoms with Crippen LogP contribution in [0.15, 0.2) is 12.2 Å². The van der Waals surface area contributed by atoms with Gasteiger partial charge in [0.2, 0.25) is 12.3 Å². The van der Waals surface area contributed by atoms with Gasteiger partial charge in [-0.25, -0.2) is 0 Å². The molecule has 0 aliphatic heterocycles. The maximum absolute atomic E-state index is 10.2. The third kappa shape index (κ3) is 4.40. The van der Waals surface area contributed by atoms with Crippen LogP contribution in [-0.4, -0.2) is 18.6 Å². The van der Waals surface area contributed by atoms with Crippen molar-refractivity contribution in [3.63, 3.8) is 0 Å². The lowest BCUT2D eigenvalue weighted by atomic mass is 10.5. The third-order valence-electron chi connectivity index (χ3n) is 0.527. The molecule has 0 aromatic rings. The van der Waals surface area contributed by atoms with E-state index in [1.165, 1.54) is 0 Å². The van der Waals surface area contributed by atoms with E-state index >= 15 is 0 Å². The molecule has 0 aliphatic rings. The van der Waals surface area contributed by atoms with Gasteiger partial charge in [-0.05, 0) is 6.08 Å². The number of allylic oxidation sites excluding steroid dienone is 1. The monoisotopic (exact) mass is 127 g/mol. The first kappa shape index (κ1) is 7.55. The predicted octanol–water partition coefficient (Wildman–Crippen LogP) is -0.986. The van der Waals surface area contributed by atoms with Gasteiger partial charge in [-0.1, -0.05) is 0 Å². The Morgan fingerprint density at radius 3 is 2.44 bits per heavy atom. The van der Waals surface area contributed by atoms with Gasteiger partial charge in [0.05, 0.1) is 0 Å². The lowest BCUT2D eigenvalue weighted by molar-refractivity contribution is -0.121. The molecule has 0 spiro atoms. The number of nitrogens with one attached hydrogen (secondary N) is 1. The number of carbonyl (C=O) groups excluding carboxylic acids is 3. The van der Waals surface area contributed by atoms with E-state index in [-0.39, 0.29) is 6.41 Å². The summed E-state index contributed by atoms with van der Waals surface area (Å²) in [7, 11) is 0. The summed E-state index contributed by atoms with van der Waals surface area (Å²) >= 11 is 0. The topological polar surface area (TPSA) is 63.2 Å². The Hall–Kier alpha value is -1.45. The molecule has 1 N–H and O–H groups in total. The molecular weight excluding hydrogens is 122 g/mol. The van der Waals surface area contributed by atoms with Crippen LogP contribution < -0.4 is 5.32 Å². The average Bonchev–Trinajstić information content (AvgIpc) is 1.85. The van der Waals surface area contributed by atoms with Crippen molar-refractivity contribution < 1.29 is 14.4 Å². The van der Waals surface area contributed by atoms with Gasteiger partial charge in [-0.15, -0.1) is 0 Å². The summed E-state index contributed by atoms with van der Waals surface area (Å²) in [6, 6.07) is 0. The van der Waals surface area contributed by atoms with Crippen LogP contribution in [0.3, 0.4) is 0 Å². The van der Waals surface area contributed by atoms with E-state index in [2.05, 4.69) is 0 Å². The van der Waals surface area contributed by atoms with Gasteiger partial charge < -0.3 is 0 Å². The summed E-state index contributed by atoms with van der Waals surface area (Å²) in [6.45, 7) is 0. The van der Waals surface area contributed by atoms with E-state index < -0.39 is 5.91 Å². The fraction of sp³-hybridized carbons (Fsp3) is 0. The van der Waals surface area contributed by atoms with Crippen molar-refractivity contribution in [2.24, 2.45) is 0 Å². The first-order chi connectivity index (χ1) is 4.31. The summed E-state index contributed by atoms with van der Waals surface area (Å²) in [4.78, 5) is 29.3. The first-order valence-corrected chi connectivity index (χ1v) is 2.17. The molecule has 0 saturated heterocycles. The second-order valence-electron chi connectivity index (χ2n) is 1.12. The Kier molecular flexibility index (Phi) is 3.95. The van der Waals surface area contributed by atoms with E-state index in [9.17, 15) is 14.4 Å². The molecule has 0 unspecified atom stereocenters. The molecule has 48 valence electrons. The number of amides is 2. The molecule has 0 heterocycles. The molecule has 4 heteroatoms. The van der Waals surface area contributed by atoms with Crippen molar-refractivity contribution in [3.05, 3.63) is 12.2 Å². The van der Waals surface area contributed by atoms with Crippen molar-refractivity contribution >= 4 is 18.6 Å². The highest BCUT2D eigenvalue weighted by Crippen LogP contribution is 1.65. The van der Waals surface area contributed by atoms with Crippen LogP contribution in [0, 0.1) is 0 Å². The number of carbonyl (C=O) groups is 3. The molecule has 0 aromatic carbocycles. The Bertz CT molecular complexity index is 150. The average molecular weight is 127 g/mol. The zero-order valence-electron chi connectivity index (χ0n) is 4.53. The maximum Gasteiger partial charge on any atom is 0.250 e. The van der Waals surface area contributed by atoms with Crippen LogP contribution >= 0.6 is 0 Å². The Morgan fingerprint density at radius 2 is 2.00 bits per heavy atom. The Balaban J connectivity index is 3.61. The fourth-order valence-electron chi connectivity index (χ4n) is 0.233. The molecule has 0 atom stereocenters. The van der Waals surface area contributed by atoms with E-state index in [0.717, 1.165) is 12.2 Å². The maximum atomic E-state index is 10.2. The number of rotatable bonds is 3. The molecular formula is C5H5NO3. The lowest BCUT2D eigenvalue weighted by Crippen LogP contribution is -2.18. The minimum atomic E-state index is -0.600. The quantitative estimate of drug-likeness (QED) is 0.391. The number of hydrogen-bond donors (Lipinski definition) is 1. The molecule has 0 aromatic heterocycles. The molecule has 4 nitrogen and oxygen atoms in total. The van der Waals surface area contributed by atoms with Gasteiger partial charge in [0.15, 0.2) is 0 Å². The van der Waals surface area contributed by atoms with E-state index in [1.807, 2.05) is 5.32 Å². The van der Waals surface area contributed by atoms with Crippen LogP contribution in [0.4, 0.5) is 0 Å². The summed E-state index contributed by atoms with van der Waals surface area (Å²) in [5.74, 6) is -0.600. The standard InChI is InChI=1S/C5H5NO3/c7-3-1-2-5(9)6-4-8/h1-4H,(H,6,8,9)/b2-1-. The van der Waals surface area contributed by atoms with Crippen LogP contribution in [0.1, 0.15) is 0 Å². The minimum absolute atomic E-state index is 0.247. The van der Waals surface area contributed by atoms with Crippen LogP contribution in [0.2, 0.25) is 0 Å². The highest BCUT2D eigenvalue weighted by Gasteiger charge is 1.87. The second-order valence-corrected chi connectivity index (χ2v) is 1.12. The molecule has 0 saturated carbocycles. The molecule has 2 amide bonds. The van der Waals surface area contributed by atoms with Gasteiger partial charge in [-0.2, -0.15) is 0 Å². The SMILES string of the molecule is O=C/C=C\C(=O)NC=O. The van der Waals surface area contributed by atoms with Gasteiger partial charge in [0.1, 0.15) is 6.29 Å². The van der Waals surface area contributed by atoms with Crippen molar-refractivity contribution in [2.45, 2.75) is 0 Å². The summed E-state index contributed by atoms with van der Waals surface area (Å²) in [5, 5.41) is 1.82. The largest absolute Gasteiger partial charge is 0.299 e. The predicted molar refractivity (Wildman–Crippen MR) is 29.4 cm³/mol. The molecule has 9 heavy (non-hydrogen) atoms. The second kappa shape index (κ2) is 4.70. The molecule has 0 rings (SSSR count). The van der Waals surface area contributed by atoms with Gasteiger partial charge in [-0.3, -0.25) is 19.7 Å². The molecule has 0 fully saturated rings. The van der Waals surface area contributed by atoms with Crippen molar-refractivity contribution in [1.29, 1.82) is 0 Å². The highest BCUT2D eigenvalue weighted by atomic mass is 16.2. The number of imide groups is 1. The molecule has 0 radical (unpaired) electrons. The van der Waals surface area contributed by atoms with E-state index in [1.54, 1.807) is 0 Å². The van der Waals surface area contributed by atoms with Crippen molar-refractivity contribution in [1.82, 2.24) is 5.32 Å². The normalized spacial score (nSPS) is 8.89. The Labute approximate surface area is 51.5 Å². The zero-order chi connectivity index (χ0) is 7.11. The van der Waals surface area contributed by atoms with Gasteiger partial charge in [0, 0.05) is 6.08 Å². The van der Waals surface area contributed by atoms with E-state index in [4.69, 9.17) is 0 Å². The summed E-state index contributed by atoms with van der Waals surface area (Å²) < 4.78 is 0. The lowest BCUT2D eigenvalue weighted by Gasteiger charge is -1.83. The summed E-state index contributed by atoms with van der Waals surface area (Å²) in [6.07, 6.45) is 2.65. The number of hydrogen-bond acceptors (Lipinski definition) is 3. The first-order valence-electron chi connectivity index (χ1n) is 2.17. The summed E-state index contributed by atoms with van der Waals surface area (Å²) in [5.41, 5.74) is 0. The fourth-order valence-corrected chi connectivity index (χ4v) is 0.233. The Morgan fingerprint density at radius 1 is 1.33 bits per heavy atom. The van der Waals surface area contributed by atoms with Gasteiger partial charge in [0.25, 0.3) is 0 Å². The van der Waals surface area contributed by atoms with E-state index in [0.29, 0.717) is 6.29 Å². The molecule has 0 bridgehead atoms. The smallest absolute Gasteiger partial charge is 0.250 e.